The molecular formula is C16H17IN2O3S. The van der Waals surface area contributed by atoms with Gasteiger partial charge in [0, 0.05) is 21.4 Å². The van der Waals surface area contributed by atoms with E-state index >= 15 is 0 Å². The number of anilines is 1. The Morgan fingerprint density at radius 2 is 1.83 bits per heavy atom. The third kappa shape index (κ3) is 5.02. The highest BCUT2D eigenvalue weighted by molar-refractivity contribution is 14.1. The topological polar surface area (TPSA) is 75.3 Å². The van der Waals surface area contributed by atoms with Crippen LogP contribution in [0.25, 0.3) is 0 Å². The van der Waals surface area contributed by atoms with Crippen LogP contribution in [0.1, 0.15) is 23.7 Å². The van der Waals surface area contributed by atoms with Crippen LogP contribution in [0.3, 0.4) is 0 Å². The van der Waals surface area contributed by atoms with Crippen molar-refractivity contribution in [3.05, 3.63) is 57.7 Å². The Bertz CT molecular complexity index is 789. The molecule has 0 fully saturated rings. The lowest BCUT2D eigenvalue weighted by atomic mass is 10.2. The minimum absolute atomic E-state index is 0.179. The summed E-state index contributed by atoms with van der Waals surface area (Å²) in [7, 11) is -3.49. The van der Waals surface area contributed by atoms with E-state index in [1.165, 1.54) is 12.1 Å². The molecule has 5 nitrogen and oxygen atoms in total. The van der Waals surface area contributed by atoms with Crippen molar-refractivity contribution in [1.29, 1.82) is 0 Å². The van der Waals surface area contributed by atoms with E-state index in [2.05, 4.69) is 32.6 Å². The van der Waals surface area contributed by atoms with Gasteiger partial charge in [0.2, 0.25) is 10.0 Å². The lowest BCUT2D eigenvalue weighted by Gasteiger charge is -2.08. The molecule has 0 aliphatic heterocycles. The van der Waals surface area contributed by atoms with Gasteiger partial charge in [-0.2, -0.15) is 0 Å². The molecule has 0 aliphatic rings. The van der Waals surface area contributed by atoms with Crippen molar-refractivity contribution in [2.75, 3.05) is 11.9 Å². The van der Waals surface area contributed by atoms with E-state index in [-0.39, 0.29) is 10.8 Å². The number of halogens is 1. The van der Waals surface area contributed by atoms with Gasteiger partial charge in [-0.1, -0.05) is 13.0 Å². The summed E-state index contributed by atoms with van der Waals surface area (Å²) in [5.41, 5.74) is 1.10. The summed E-state index contributed by atoms with van der Waals surface area (Å²) >= 11 is 2.14. The van der Waals surface area contributed by atoms with Crippen LogP contribution in [0.15, 0.2) is 53.4 Å². The van der Waals surface area contributed by atoms with Crippen molar-refractivity contribution in [2.24, 2.45) is 0 Å². The third-order valence-electron chi connectivity index (χ3n) is 3.05. The van der Waals surface area contributed by atoms with Crippen molar-refractivity contribution >= 4 is 44.2 Å². The standard InChI is InChI=1S/C16H17IN2O3S/c1-2-10-18-23(21,22)15-8-6-14(7-9-15)19-16(20)12-4-3-5-13(17)11-12/h3-9,11,18H,2,10H2,1H3,(H,19,20). The SMILES string of the molecule is CCCNS(=O)(=O)c1ccc(NC(=O)c2cccc(I)c2)cc1. The highest BCUT2D eigenvalue weighted by Crippen LogP contribution is 2.16. The molecule has 2 aromatic carbocycles. The van der Waals surface area contributed by atoms with Crippen LogP contribution in [0.4, 0.5) is 5.69 Å². The molecule has 0 bridgehead atoms. The summed E-state index contributed by atoms with van der Waals surface area (Å²) in [6.45, 7) is 2.29. The largest absolute Gasteiger partial charge is 0.322 e. The van der Waals surface area contributed by atoms with E-state index in [4.69, 9.17) is 0 Å². The van der Waals surface area contributed by atoms with Gasteiger partial charge in [-0.15, -0.1) is 0 Å². The van der Waals surface area contributed by atoms with Gasteiger partial charge in [-0.05, 0) is 71.5 Å². The first kappa shape index (κ1) is 17.9. The van der Waals surface area contributed by atoms with Crippen molar-refractivity contribution in [2.45, 2.75) is 18.2 Å². The van der Waals surface area contributed by atoms with Crippen molar-refractivity contribution in [3.63, 3.8) is 0 Å². The Hall–Kier alpha value is -1.45. The number of sulfonamides is 1. The second kappa shape index (κ2) is 7.89. The minimum Gasteiger partial charge on any atom is -0.322 e. The van der Waals surface area contributed by atoms with E-state index < -0.39 is 10.0 Å². The van der Waals surface area contributed by atoms with Gasteiger partial charge in [0.25, 0.3) is 5.91 Å². The molecule has 2 rings (SSSR count). The number of hydrogen-bond donors (Lipinski definition) is 2. The minimum atomic E-state index is -3.49. The van der Waals surface area contributed by atoms with Crippen LogP contribution in [-0.4, -0.2) is 20.9 Å². The number of amides is 1. The maximum absolute atomic E-state index is 12.1. The molecule has 0 aliphatic carbocycles. The second-order valence-corrected chi connectivity index (χ2v) is 7.90. The predicted octanol–water partition coefficient (Wildman–Crippen LogP) is 3.23. The van der Waals surface area contributed by atoms with Gasteiger partial charge in [0.15, 0.2) is 0 Å². The molecule has 1 amide bonds. The molecule has 0 radical (unpaired) electrons. The highest BCUT2D eigenvalue weighted by atomic mass is 127. The zero-order chi connectivity index (χ0) is 16.9. The molecule has 0 aromatic heterocycles. The quantitative estimate of drug-likeness (QED) is 0.672. The molecule has 2 N–H and O–H groups in total. The highest BCUT2D eigenvalue weighted by Gasteiger charge is 2.13. The van der Waals surface area contributed by atoms with E-state index in [0.717, 1.165) is 9.99 Å². The molecule has 7 heteroatoms. The Kier molecular flexibility index (Phi) is 6.14. The lowest BCUT2D eigenvalue weighted by Crippen LogP contribution is -2.24. The zero-order valence-electron chi connectivity index (χ0n) is 12.5. The lowest BCUT2D eigenvalue weighted by molar-refractivity contribution is 0.102. The second-order valence-electron chi connectivity index (χ2n) is 4.89. The molecule has 0 heterocycles. The predicted molar refractivity (Wildman–Crippen MR) is 99.0 cm³/mol. The summed E-state index contributed by atoms with van der Waals surface area (Å²) in [5.74, 6) is -0.233. The Morgan fingerprint density at radius 1 is 1.13 bits per heavy atom. The van der Waals surface area contributed by atoms with E-state index in [1.807, 2.05) is 19.1 Å². The summed E-state index contributed by atoms with van der Waals surface area (Å²) < 4.78 is 27.4. The molecule has 0 saturated carbocycles. The van der Waals surface area contributed by atoms with Gasteiger partial charge >= 0.3 is 0 Å². The van der Waals surface area contributed by atoms with Crippen LogP contribution in [0.2, 0.25) is 0 Å². The van der Waals surface area contributed by atoms with Crippen LogP contribution in [-0.2, 0) is 10.0 Å². The maximum Gasteiger partial charge on any atom is 0.255 e. The molecule has 23 heavy (non-hydrogen) atoms. The summed E-state index contributed by atoms with van der Waals surface area (Å²) in [6.07, 6.45) is 0.725. The van der Waals surface area contributed by atoms with Gasteiger partial charge in [0.1, 0.15) is 0 Å². The molecular weight excluding hydrogens is 427 g/mol. The molecule has 122 valence electrons. The van der Waals surface area contributed by atoms with Gasteiger partial charge < -0.3 is 5.32 Å². The molecule has 0 spiro atoms. The average Bonchev–Trinajstić information content (AvgIpc) is 2.53. The summed E-state index contributed by atoms with van der Waals surface area (Å²) in [6, 6.07) is 13.3. The van der Waals surface area contributed by atoms with Gasteiger partial charge in [-0.3, -0.25) is 4.79 Å². The molecule has 0 atom stereocenters. The fourth-order valence-electron chi connectivity index (χ4n) is 1.87. The third-order valence-corrected chi connectivity index (χ3v) is 5.20. The number of carbonyl (C=O) groups is 1. The molecule has 2 aromatic rings. The van der Waals surface area contributed by atoms with Crippen molar-refractivity contribution in [3.8, 4) is 0 Å². The van der Waals surface area contributed by atoms with Crippen LogP contribution < -0.4 is 10.0 Å². The molecule has 0 saturated heterocycles. The first-order valence-corrected chi connectivity index (χ1v) is 9.65. The number of nitrogens with one attached hydrogen (secondary N) is 2. The number of carbonyl (C=O) groups excluding carboxylic acids is 1. The van der Waals surface area contributed by atoms with Crippen molar-refractivity contribution in [1.82, 2.24) is 4.72 Å². The van der Waals surface area contributed by atoms with Crippen LogP contribution >= 0.6 is 22.6 Å². The van der Waals surface area contributed by atoms with Crippen LogP contribution in [0.5, 0.6) is 0 Å². The number of rotatable bonds is 6. The fourth-order valence-corrected chi connectivity index (χ4v) is 3.55. The van der Waals surface area contributed by atoms with Gasteiger partial charge in [-0.25, -0.2) is 13.1 Å². The summed E-state index contributed by atoms with van der Waals surface area (Å²) in [4.78, 5) is 12.3. The van der Waals surface area contributed by atoms with E-state index in [0.29, 0.717) is 17.8 Å². The Labute approximate surface area is 149 Å². The van der Waals surface area contributed by atoms with E-state index in [1.54, 1.807) is 24.3 Å². The van der Waals surface area contributed by atoms with E-state index in [9.17, 15) is 13.2 Å². The van der Waals surface area contributed by atoms with Crippen LogP contribution in [0, 0.1) is 3.57 Å². The van der Waals surface area contributed by atoms with Crippen molar-refractivity contribution < 1.29 is 13.2 Å². The Balaban J connectivity index is 2.10. The number of benzene rings is 2. The first-order chi connectivity index (χ1) is 10.9. The van der Waals surface area contributed by atoms with Gasteiger partial charge in [0.05, 0.1) is 4.90 Å². The maximum atomic E-state index is 12.1. The Morgan fingerprint density at radius 3 is 2.43 bits per heavy atom. The first-order valence-electron chi connectivity index (χ1n) is 7.09. The normalized spacial score (nSPS) is 11.2. The number of hydrogen-bond acceptors (Lipinski definition) is 3. The smallest absolute Gasteiger partial charge is 0.255 e. The fraction of sp³-hybridized carbons (Fsp3) is 0.188. The molecule has 0 unspecified atom stereocenters. The monoisotopic (exact) mass is 444 g/mol. The average molecular weight is 444 g/mol. The summed E-state index contributed by atoms with van der Waals surface area (Å²) in [5, 5.41) is 2.75. The zero-order valence-corrected chi connectivity index (χ0v) is 15.5.